The van der Waals surface area contributed by atoms with Gasteiger partial charge in [-0.25, -0.2) is 4.98 Å². The van der Waals surface area contributed by atoms with Crippen LogP contribution in [-0.4, -0.2) is 29.3 Å². The van der Waals surface area contributed by atoms with Crippen molar-refractivity contribution in [3.8, 4) is 11.5 Å². The Labute approximate surface area is 103 Å². The number of methoxy groups -OCH3 is 2. The van der Waals surface area contributed by atoms with Crippen molar-refractivity contribution in [2.45, 2.75) is 13.0 Å². The molecule has 0 fully saturated rings. The van der Waals surface area contributed by atoms with E-state index < -0.39 is 6.10 Å². The van der Waals surface area contributed by atoms with Crippen molar-refractivity contribution in [3.63, 3.8) is 0 Å². The van der Waals surface area contributed by atoms with Crippen molar-refractivity contribution in [3.05, 3.63) is 28.3 Å². The molecule has 0 amide bonds. The van der Waals surface area contributed by atoms with Gasteiger partial charge in [-0.1, -0.05) is 0 Å². The van der Waals surface area contributed by atoms with E-state index in [1.54, 1.807) is 12.1 Å². The summed E-state index contributed by atoms with van der Waals surface area (Å²) in [6, 6.07) is 3.17. The molecule has 18 heavy (non-hydrogen) atoms. The lowest BCUT2D eigenvalue weighted by Gasteiger charge is -2.10. The first-order valence-corrected chi connectivity index (χ1v) is 5.41. The van der Waals surface area contributed by atoms with Gasteiger partial charge >= 0.3 is 0 Å². The highest BCUT2D eigenvalue weighted by molar-refractivity contribution is 5.81. The Hall–Kier alpha value is -2.08. The van der Waals surface area contributed by atoms with Crippen LogP contribution in [0.1, 0.15) is 18.9 Å². The minimum absolute atomic E-state index is 0.222. The zero-order valence-corrected chi connectivity index (χ0v) is 10.4. The zero-order valence-electron chi connectivity index (χ0n) is 10.4. The second kappa shape index (κ2) is 4.66. The second-order valence-electron chi connectivity index (χ2n) is 3.85. The van der Waals surface area contributed by atoms with Crippen LogP contribution in [0.4, 0.5) is 0 Å². The van der Waals surface area contributed by atoms with Crippen LogP contribution < -0.4 is 15.0 Å². The summed E-state index contributed by atoms with van der Waals surface area (Å²) in [4.78, 5) is 18.6. The monoisotopic (exact) mass is 250 g/mol. The van der Waals surface area contributed by atoms with E-state index in [1.165, 1.54) is 21.1 Å². The molecule has 0 spiro atoms. The number of aromatic nitrogens is 2. The fraction of sp³-hybridized carbons (Fsp3) is 0.333. The third-order valence-electron chi connectivity index (χ3n) is 2.62. The number of aliphatic hydroxyl groups is 1. The van der Waals surface area contributed by atoms with Gasteiger partial charge in [-0.15, -0.1) is 0 Å². The largest absolute Gasteiger partial charge is 0.493 e. The molecule has 2 aromatic rings. The number of nitrogens with one attached hydrogen (secondary N) is 1. The lowest BCUT2D eigenvalue weighted by molar-refractivity contribution is 0.189. The van der Waals surface area contributed by atoms with Gasteiger partial charge in [0.25, 0.3) is 5.56 Å². The number of aliphatic hydroxyl groups excluding tert-OH is 1. The van der Waals surface area contributed by atoms with Crippen LogP contribution >= 0.6 is 0 Å². The van der Waals surface area contributed by atoms with Crippen LogP contribution in [0.15, 0.2) is 16.9 Å². The average Bonchev–Trinajstić information content (AvgIpc) is 2.36. The van der Waals surface area contributed by atoms with Crippen molar-refractivity contribution < 1.29 is 14.6 Å². The van der Waals surface area contributed by atoms with E-state index in [-0.39, 0.29) is 11.4 Å². The molecule has 0 saturated heterocycles. The summed E-state index contributed by atoms with van der Waals surface area (Å²) in [6.07, 6.45) is -0.838. The standard InChI is InChI=1S/C12H14N2O4/c1-6(15)11-13-8-5-10(18-3)9(17-2)4-7(8)12(16)14-11/h4-6,15H,1-3H3,(H,13,14,16). The number of nitrogens with zero attached hydrogens (tertiary/aromatic N) is 1. The quantitative estimate of drug-likeness (QED) is 0.848. The predicted octanol–water partition coefficient (Wildman–Crippen LogP) is 0.994. The molecule has 6 nitrogen and oxygen atoms in total. The molecule has 0 aliphatic heterocycles. The molecule has 96 valence electrons. The summed E-state index contributed by atoms with van der Waals surface area (Å²) in [6.45, 7) is 1.53. The molecule has 2 N–H and O–H groups in total. The molecule has 1 heterocycles. The maximum Gasteiger partial charge on any atom is 0.258 e. The lowest BCUT2D eigenvalue weighted by Crippen LogP contribution is -2.13. The van der Waals surface area contributed by atoms with Crippen LogP contribution in [0.2, 0.25) is 0 Å². The molecule has 0 saturated carbocycles. The highest BCUT2D eigenvalue weighted by Crippen LogP contribution is 2.30. The van der Waals surface area contributed by atoms with Crippen LogP contribution in [0.25, 0.3) is 10.9 Å². The Morgan fingerprint density at radius 2 is 1.89 bits per heavy atom. The molecule has 0 bridgehead atoms. The number of aromatic amines is 1. The molecular weight excluding hydrogens is 236 g/mol. The lowest BCUT2D eigenvalue weighted by atomic mass is 10.2. The van der Waals surface area contributed by atoms with Gasteiger partial charge in [0.15, 0.2) is 11.5 Å². The number of benzene rings is 1. The molecule has 0 aliphatic carbocycles. The predicted molar refractivity (Wildman–Crippen MR) is 66.1 cm³/mol. The molecule has 1 atom stereocenters. The molecule has 0 aliphatic rings. The highest BCUT2D eigenvalue weighted by atomic mass is 16.5. The first-order chi connectivity index (χ1) is 8.56. The number of H-pyrrole nitrogens is 1. The smallest absolute Gasteiger partial charge is 0.258 e. The Morgan fingerprint density at radius 3 is 2.44 bits per heavy atom. The fourth-order valence-corrected chi connectivity index (χ4v) is 1.68. The maximum absolute atomic E-state index is 11.9. The fourth-order valence-electron chi connectivity index (χ4n) is 1.68. The van der Waals surface area contributed by atoms with E-state index in [4.69, 9.17) is 9.47 Å². The number of hydrogen-bond acceptors (Lipinski definition) is 5. The van der Waals surface area contributed by atoms with Gasteiger partial charge in [-0.05, 0) is 13.0 Å². The van der Waals surface area contributed by atoms with E-state index in [9.17, 15) is 9.90 Å². The Bertz CT molecular complexity index is 634. The molecule has 2 rings (SSSR count). The molecule has 1 aromatic carbocycles. The average molecular weight is 250 g/mol. The minimum Gasteiger partial charge on any atom is -0.493 e. The first kappa shape index (κ1) is 12.4. The Morgan fingerprint density at radius 1 is 1.28 bits per heavy atom. The minimum atomic E-state index is -0.838. The van der Waals surface area contributed by atoms with Crippen molar-refractivity contribution in [2.24, 2.45) is 0 Å². The van der Waals surface area contributed by atoms with Crippen LogP contribution in [0, 0.1) is 0 Å². The summed E-state index contributed by atoms with van der Waals surface area (Å²) >= 11 is 0. The van der Waals surface area contributed by atoms with Gasteiger partial charge in [0.05, 0.1) is 25.1 Å². The number of rotatable bonds is 3. The molecule has 0 radical (unpaired) electrons. The topological polar surface area (TPSA) is 84.4 Å². The van der Waals surface area contributed by atoms with Gasteiger partial charge in [0, 0.05) is 6.07 Å². The first-order valence-electron chi connectivity index (χ1n) is 5.41. The van der Waals surface area contributed by atoms with Crippen LogP contribution in [0.5, 0.6) is 11.5 Å². The van der Waals surface area contributed by atoms with Gasteiger partial charge in [0.1, 0.15) is 11.9 Å². The molecule has 1 unspecified atom stereocenters. The zero-order chi connectivity index (χ0) is 13.3. The molecule has 6 heteroatoms. The SMILES string of the molecule is COc1cc2nc(C(C)O)[nH]c(=O)c2cc1OC. The van der Waals surface area contributed by atoms with Crippen molar-refractivity contribution in [1.29, 1.82) is 0 Å². The third kappa shape index (κ3) is 2.02. The van der Waals surface area contributed by atoms with Crippen molar-refractivity contribution in [2.75, 3.05) is 14.2 Å². The van der Waals surface area contributed by atoms with Crippen LogP contribution in [0.3, 0.4) is 0 Å². The molecule has 1 aromatic heterocycles. The van der Waals surface area contributed by atoms with Gasteiger partial charge < -0.3 is 19.6 Å². The number of ether oxygens (including phenoxy) is 2. The van der Waals surface area contributed by atoms with Crippen LogP contribution in [-0.2, 0) is 0 Å². The van der Waals surface area contributed by atoms with E-state index in [0.29, 0.717) is 22.4 Å². The highest BCUT2D eigenvalue weighted by Gasteiger charge is 2.12. The van der Waals surface area contributed by atoms with E-state index >= 15 is 0 Å². The number of fused-ring (bicyclic) bond motifs is 1. The molecular formula is C12H14N2O4. The van der Waals surface area contributed by atoms with E-state index in [0.717, 1.165) is 0 Å². The Balaban J connectivity index is 2.76. The van der Waals surface area contributed by atoms with Gasteiger partial charge in [0.2, 0.25) is 0 Å². The summed E-state index contributed by atoms with van der Waals surface area (Å²) in [5.74, 6) is 1.17. The summed E-state index contributed by atoms with van der Waals surface area (Å²) in [5.41, 5.74) is 0.129. The second-order valence-corrected chi connectivity index (χ2v) is 3.85. The van der Waals surface area contributed by atoms with E-state index in [2.05, 4.69) is 9.97 Å². The van der Waals surface area contributed by atoms with Crippen molar-refractivity contribution >= 4 is 10.9 Å². The van der Waals surface area contributed by atoms with Gasteiger partial charge in [-0.3, -0.25) is 4.79 Å². The summed E-state index contributed by atoms with van der Waals surface area (Å²) in [7, 11) is 3.00. The van der Waals surface area contributed by atoms with Gasteiger partial charge in [-0.2, -0.15) is 0 Å². The number of hydrogen-bond donors (Lipinski definition) is 2. The summed E-state index contributed by atoms with van der Waals surface area (Å²) in [5, 5.41) is 9.83. The maximum atomic E-state index is 11.9. The van der Waals surface area contributed by atoms with E-state index in [1.807, 2.05) is 0 Å². The summed E-state index contributed by atoms with van der Waals surface area (Å²) < 4.78 is 10.3. The Kier molecular flexibility index (Phi) is 3.20. The van der Waals surface area contributed by atoms with Crippen molar-refractivity contribution in [1.82, 2.24) is 9.97 Å². The normalized spacial score (nSPS) is 12.4. The third-order valence-corrected chi connectivity index (χ3v) is 2.62.